The zero-order chi connectivity index (χ0) is 58.1. The van der Waals surface area contributed by atoms with Gasteiger partial charge in [0, 0.05) is 50.8 Å². The Morgan fingerprint density at radius 3 is 1.38 bits per heavy atom. The Morgan fingerprint density at radius 1 is 0.388 bits per heavy atom. The molecule has 5 heterocycles. The van der Waals surface area contributed by atoms with E-state index in [4.69, 9.17) is 23.4 Å². The van der Waals surface area contributed by atoms with Gasteiger partial charge in [0.1, 0.15) is 37.8 Å². The number of fused-ring (bicyclic) bond motifs is 10. The normalized spacial score (nSPS) is 14.3. The van der Waals surface area contributed by atoms with E-state index in [2.05, 4.69) is 265 Å². The first-order valence-electron chi connectivity index (χ1n) is 29.9. The average molecular weight is 1110 g/mol. The molecule has 10 aromatic carbocycles. The molecule has 420 valence electrons. The van der Waals surface area contributed by atoms with E-state index in [1.165, 1.54) is 22.2 Å². The van der Waals surface area contributed by atoms with Crippen LogP contribution in [0.1, 0.15) is 79.0 Å². The highest BCUT2D eigenvalue weighted by Gasteiger charge is 2.47. The molecule has 0 amide bonds. The van der Waals surface area contributed by atoms with Crippen molar-refractivity contribution in [2.45, 2.75) is 78.6 Å². The first kappa shape index (κ1) is 52.5. The van der Waals surface area contributed by atoms with Crippen LogP contribution in [0.15, 0.2) is 205 Å². The summed E-state index contributed by atoms with van der Waals surface area (Å²) < 4.78 is 32.8. The average Bonchev–Trinajstić information content (AvgIpc) is 1.00. The van der Waals surface area contributed by atoms with Crippen molar-refractivity contribution in [1.82, 2.24) is 0 Å². The number of anilines is 9. The number of furan rings is 1. The van der Waals surface area contributed by atoms with E-state index >= 15 is 0 Å². The number of rotatable bonds is 7. The number of ether oxygens (including phenoxy) is 4. The van der Waals surface area contributed by atoms with Crippen LogP contribution in [-0.4, -0.2) is 33.1 Å². The van der Waals surface area contributed by atoms with Crippen LogP contribution in [0.5, 0.6) is 23.0 Å². The second-order valence-corrected chi connectivity index (χ2v) is 26.3. The molecule has 0 bridgehead atoms. The van der Waals surface area contributed by atoms with Crippen LogP contribution in [0.25, 0.3) is 44.2 Å². The highest BCUT2D eigenvalue weighted by atomic mass is 16.6. The Hall–Kier alpha value is -9.34. The van der Waals surface area contributed by atoms with Crippen molar-refractivity contribution < 1.29 is 23.4 Å². The molecule has 0 radical (unpaired) electrons. The lowest BCUT2D eigenvalue weighted by Crippen LogP contribution is -2.61. The van der Waals surface area contributed by atoms with Gasteiger partial charge >= 0.3 is 0 Å². The van der Waals surface area contributed by atoms with Gasteiger partial charge in [-0.05, 0) is 174 Å². The van der Waals surface area contributed by atoms with Crippen LogP contribution in [0.4, 0.5) is 51.2 Å². The van der Waals surface area contributed by atoms with Crippen molar-refractivity contribution in [2.24, 2.45) is 0 Å². The molecule has 0 saturated heterocycles. The molecule has 4 aliphatic heterocycles. The molecule has 0 atom stereocenters. The second kappa shape index (κ2) is 19.6. The lowest BCUT2D eigenvalue weighted by atomic mass is 9.33. The Kier molecular flexibility index (Phi) is 12.1. The van der Waals surface area contributed by atoms with Crippen LogP contribution in [0, 0.1) is 0 Å². The van der Waals surface area contributed by atoms with Gasteiger partial charge in [-0.25, -0.2) is 0 Å². The molecule has 0 N–H and O–H groups in total. The number of hydrogen-bond donors (Lipinski definition) is 0. The molecule has 15 rings (SSSR count). The van der Waals surface area contributed by atoms with Gasteiger partial charge in [0.2, 0.25) is 0 Å². The van der Waals surface area contributed by atoms with Gasteiger partial charge in [0.15, 0.2) is 23.0 Å². The summed E-state index contributed by atoms with van der Waals surface area (Å²) in [6, 6.07) is 73.6. The third-order valence-corrected chi connectivity index (χ3v) is 17.6. The van der Waals surface area contributed by atoms with Gasteiger partial charge in [0.25, 0.3) is 6.71 Å². The van der Waals surface area contributed by atoms with Crippen LogP contribution in [-0.2, 0) is 16.2 Å². The largest absolute Gasteiger partial charge is 0.486 e. The summed E-state index contributed by atoms with van der Waals surface area (Å²) in [7, 11) is 0. The summed E-state index contributed by atoms with van der Waals surface area (Å²) in [6.07, 6.45) is 0. The van der Waals surface area contributed by atoms with E-state index in [-0.39, 0.29) is 23.0 Å². The SMILES string of the molecule is CC(C)(C)c1ccc(N(c2ccc(-c3cc4c5c(c3)N(c3ccc(C(C)(C)C)cc3)c3c(ccc6c3OCCO6)B5c3ccc5c(c3N4c3ccc(C(C)(C)C)cc3)OCCO5)cc2)c2ccc3cc(-c4cc5ccccc5o4)ccc3c2)cc1. The minimum absolute atomic E-state index is 0.00109. The first-order valence-corrected chi connectivity index (χ1v) is 29.9. The number of benzene rings is 10. The van der Waals surface area contributed by atoms with E-state index in [9.17, 15) is 0 Å². The maximum absolute atomic E-state index is 6.79. The fourth-order valence-corrected chi connectivity index (χ4v) is 13.1. The van der Waals surface area contributed by atoms with Gasteiger partial charge in [-0.3, -0.25) is 0 Å². The summed E-state index contributed by atoms with van der Waals surface area (Å²) in [5.74, 6) is 3.85. The maximum atomic E-state index is 6.79. The quantitative estimate of drug-likeness (QED) is 0.146. The molecule has 1 aromatic heterocycles. The van der Waals surface area contributed by atoms with Crippen LogP contribution >= 0.6 is 0 Å². The predicted molar refractivity (Wildman–Crippen MR) is 351 cm³/mol. The minimum Gasteiger partial charge on any atom is -0.486 e. The van der Waals surface area contributed by atoms with Gasteiger partial charge in [-0.15, -0.1) is 0 Å². The van der Waals surface area contributed by atoms with Crippen molar-refractivity contribution in [2.75, 3.05) is 41.1 Å². The molecule has 0 spiro atoms. The summed E-state index contributed by atoms with van der Waals surface area (Å²) >= 11 is 0. The second-order valence-electron chi connectivity index (χ2n) is 26.3. The van der Waals surface area contributed by atoms with Gasteiger partial charge in [0.05, 0.1) is 11.4 Å². The number of nitrogens with zero attached hydrogens (tertiary/aromatic N) is 3. The highest BCUT2D eigenvalue weighted by molar-refractivity contribution is 7.00. The zero-order valence-electron chi connectivity index (χ0n) is 49.8. The molecule has 0 saturated carbocycles. The van der Waals surface area contributed by atoms with E-state index in [1.807, 2.05) is 12.1 Å². The van der Waals surface area contributed by atoms with Crippen molar-refractivity contribution in [3.63, 3.8) is 0 Å². The fraction of sp³-hybridized carbons (Fsp3) is 0.211. The Balaban J connectivity index is 0.927. The lowest BCUT2D eigenvalue weighted by molar-refractivity contribution is 0.172. The third-order valence-electron chi connectivity index (χ3n) is 17.6. The van der Waals surface area contributed by atoms with Crippen LogP contribution in [0.2, 0.25) is 0 Å². The van der Waals surface area contributed by atoms with Crippen molar-refractivity contribution in [3.05, 3.63) is 217 Å². The van der Waals surface area contributed by atoms with Crippen molar-refractivity contribution in [1.29, 1.82) is 0 Å². The van der Waals surface area contributed by atoms with Crippen molar-refractivity contribution >= 4 is 96.0 Å². The van der Waals surface area contributed by atoms with Gasteiger partial charge < -0.3 is 38.1 Å². The molecular formula is C76H68BN3O5. The lowest BCUT2D eigenvalue weighted by Gasteiger charge is -2.45. The van der Waals surface area contributed by atoms with E-state index in [1.54, 1.807) is 0 Å². The molecule has 0 aliphatic carbocycles. The molecule has 85 heavy (non-hydrogen) atoms. The summed E-state index contributed by atoms with van der Waals surface area (Å²) in [4.78, 5) is 7.25. The Morgan fingerprint density at radius 2 is 0.847 bits per heavy atom. The molecule has 8 nitrogen and oxygen atoms in total. The molecule has 0 fully saturated rings. The van der Waals surface area contributed by atoms with Crippen LogP contribution < -0.4 is 50.0 Å². The standard InChI is InChI=1S/C76H68BN3O5/c1-74(2,3)53-19-28-57(29-20-53)78(60-27-18-48-42-51(15-14-49(48)43-60)68-46-50-12-10-11-13-65(50)85-68)56-25-16-47(17-26-56)52-44-63-69-64(45-52)80(59-32-23-55(24-33-59)76(7,8)9)71-62(35-37-67-73(71)84-41-39-82-67)77(69)61-34-36-66-72(83-40-38-81-66)70(61)79(63)58-30-21-54(22-31-58)75(4,5)6/h10-37,42-46H,38-41H2,1-9H3. The van der Waals surface area contributed by atoms with Crippen LogP contribution in [0.3, 0.4) is 0 Å². The fourth-order valence-electron chi connectivity index (χ4n) is 13.1. The Bertz CT molecular complexity index is 4250. The number of hydrogen-bond acceptors (Lipinski definition) is 8. The summed E-state index contributed by atoms with van der Waals surface area (Å²) in [5.41, 5.74) is 20.6. The summed E-state index contributed by atoms with van der Waals surface area (Å²) in [6.45, 7) is 22.1. The minimum atomic E-state index is -0.203. The monoisotopic (exact) mass is 1110 g/mol. The molecule has 9 heteroatoms. The van der Waals surface area contributed by atoms with Crippen molar-refractivity contribution in [3.8, 4) is 45.4 Å². The predicted octanol–water partition coefficient (Wildman–Crippen LogP) is 17.9. The first-order chi connectivity index (χ1) is 41.0. The zero-order valence-corrected chi connectivity index (χ0v) is 49.8. The third kappa shape index (κ3) is 8.97. The van der Waals surface area contributed by atoms with E-state index in [0.717, 1.165) is 129 Å². The topological polar surface area (TPSA) is 59.8 Å². The number of para-hydroxylation sites is 1. The molecule has 11 aromatic rings. The smallest absolute Gasteiger partial charge is 0.252 e. The van der Waals surface area contributed by atoms with Gasteiger partial charge in [-0.1, -0.05) is 159 Å². The highest BCUT2D eigenvalue weighted by Crippen LogP contribution is 2.54. The molecule has 4 aliphatic rings. The maximum Gasteiger partial charge on any atom is 0.252 e. The summed E-state index contributed by atoms with van der Waals surface area (Å²) in [5, 5.41) is 3.38. The van der Waals surface area contributed by atoms with Gasteiger partial charge in [-0.2, -0.15) is 0 Å². The van der Waals surface area contributed by atoms with E-state index in [0.29, 0.717) is 26.4 Å². The molecule has 0 unspecified atom stereocenters. The molecular weight excluding hydrogens is 1050 g/mol. The van der Waals surface area contributed by atoms with E-state index < -0.39 is 0 Å². The Labute approximate surface area is 498 Å².